The molecule has 0 N–H and O–H groups in total. The number of hydrogen-bond donors (Lipinski definition) is 0. The zero-order valence-electron chi connectivity index (χ0n) is 14.6. The highest BCUT2D eigenvalue weighted by atomic mass is 32.2. The summed E-state index contributed by atoms with van der Waals surface area (Å²) in [7, 11) is 0. The van der Waals surface area contributed by atoms with E-state index in [1.54, 1.807) is 0 Å². The Hall–Kier alpha value is 0.0200. The maximum atomic E-state index is 12.4. The second kappa shape index (κ2) is 7.28. The quantitative estimate of drug-likeness (QED) is 0.646. The van der Waals surface area contributed by atoms with Gasteiger partial charge in [0, 0.05) is 12.8 Å². The number of hydrogen-bond acceptors (Lipinski definition) is 2. The van der Waals surface area contributed by atoms with Crippen molar-refractivity contribution in [2.45, 2.75) is 78.1 Å². The molecule has 2 heteroatoms. The predicted molar refractivity (Wildman–Crippen MR) is 96.2 cm³/mol. The van der Waals surface area contributed by atoms with Crippen LogP contribution < -0.4 is 0 Å². The van der Waals surface area contributed by atoms with Crippen LogP contribution in [0.2, 0.25) is 0 Å². The molecular formula is C20H34OS. The van der Waals surface area contributed by atoms with Gasteiger partial charge in [0.1, 0.15) is 5.78 Å². The summed E-state index contributed by atoms with van der Waals surface area (Å²) in [5, 5.41) is 0. The average Bonchev–Trinajstić information content (AvgIpc) is 3.00. The fourth-order valence-corrected chi connectivity index (χ4v) is 6.90. The Balaban J connectivity index is 1.66. The molecule has 1 aliphatic heterocycles. The predicted octanol–water partition coefficient (Wildman–Crippen LogP) is 5.72. The Bertz CT molecular complexity index is 387. The highest BCUT2D eigenvalue weighted by molar-refractivity contribution is 7.99. The number of rotatable bonds is 2. The molecule has 1 heterocycles. The summed E-state index contributed by atoms with van der Waals surface area (Å²) in [6.45, 7) is 4.71. The van der Waals surface area contributed by atoms with E-state index in [2.05, 4.69) is 25.6 Å². The Kier molecular flexibility index (Phi) is 5.58. The Morgan fingerprint density at radius 3 is 2.73 bits per heavy atom. The first kappa shape index (κ1) is 16.9. The molecule has 2 saturated carbocycles. The van der Waals surface area contributed by atoms with Gasteiger partial charge in [0.2, 0.25) is 0 Å². The average molecular weight is 323 g/mol. The van der Waals surface area contributed by atoms with Gasteiger partial charge in [-0.05, 0) is 66.3 Å². The van der Waals surface area contributed by atoms with Crippen molar-refractivity contribution in [3.63, 3.8) is 0 Å². The summed E-state index contributed by atoms with van der Waals surface area (Å²) in [6, 6.07) is 0. The van der Waals surface area contributed by atoms with Gasteiger partial charge in [-0.1, -0.05) is 39.5 Å². The highest BCUT2D eigenvalue weighted by Gasteiger charge is 2.41. The van der Waals surface area contributed by atoms with Gasteiger partial charge in [-0.15, -0.1) is 0 Å². The van der Waals surface area contributed by atoms with Crippen molar-refractivity contribution in [3.05, 3.63) is 0 Å². The van der Waals surface area contributed by atoms with Crippen LogP contribution in [0.25, 0.3) is 0 Å². The molecule has 0 aromatic rings. The number of carbonyl (C=O) groups excluding carboxylic acids is 1. The van der Waals surface area contributed by atoms with Crippen LogP contribution in [0.1, 0.15) is 78.1 Å². The van der Waals surface area contributed by atoms with Crippen molar-refractivity contribution in [2.24, 2.45) is 29.1 Å². The number of Topliss-reactive ketones (excluding diaryl/α,β-unsaturated/α-hetero) is 1. The van der Waals surface area contributed by atoms with Gasteiger partial charge in [-0.2, -0.15) is 11.8 Å². The zero-order valence-corrected chi connectivity index (χ0v) is 15.4. The first-order valence-corrected chi connectivity index (χ1v) is 10.8. The van der Waals surface area contributed by atoms with Gasteiger partial charge in [0.15, 0.2) is 0 Å². The Labute approximate surface area is 141 Å². The molecule has 3 aliphatic rings. The van der Waals surface area contributed by atoms with Crippen LogP contribution in [-0.4, -0.2) is 17.3 Å². The molecule has 4 unspecified atom stereocenters. The van der Waals surface area contributed by atoms with Gasteiger partial charge in [-0.3, -0.25) is 4.79 Å². The summed E-state index contributed by atoms with van der Waals surface area (Å²) < 4.78 is 0. The van der Waals surface area contributed by atoms with Crippen LogP contribution in [-0.2, 0) is 4.79 Å². The van der Waals surface area contributed by atoms with Gasteiger partial charge in [-0.25, -0.2) is 0 Å². The van der Waals surface area contributed by atoms with E-state index in [-0.39, 0.29) is 0 Å². The van der Waals surface area contributed by atoms with Crippen LogP contribution in [0.3, 0.4) is 0 Å². The van der Waals surface area contributed by atoms with E-state index in [0.29, 0.717) is 17.1 Å². The molecule has 2 aliphatic carbocycles. The standard InChI is InChI=1S/C20H34OS/c1-15-5-4-9-20(2,13-19(21)11-15)18-7-3-6-16(12-18)17-8-10-22-14-17/h15-18H,3-14H2,1-2H3/t15?,16?,17?,18?,20-/m0/s1. The lowest BCUT2D eigenvalue weighted by atomic mass is 9.60. The molecule has 126 valence electrons. The molecule has 3 fully saturated rings. The third kappa shape index (κ3) is 3.91. The fourth-order valence-electron chi connectivity index (χ4n) is 5.52. The second-order valence-electron chi connectivity index (χ2n) is 8.82. The third-order valence-electron chi connectivity index (χ3n) is 6.95. The Morgan fingerprint density at radius 1 is 1.09 bits per heavy atom. The minimum atomic E-state index is 0.307. The van der Waals surface area contributed by atoms with Crippen molar-refractivity contribution in [2.75, 3.05) is 11.5 Å². The molecule has 5 atom stereocenters. The van der Waals surface area contributed by atoms with Crippen molar-refractivity contribution >= 4 is 17.5 Å². The molecule has 0 bridgehead atoms. The van der Waals surface area contributed by atoms with E-state index in [9.17, 15) is 4.79 Å². The molecular weight excluding hydrogens is 288 g/mol. The van der Waals surface area contributed by atoms with E-state index in [1.807, 2.05) is 0 Å². The van der Waals surface area contributed by atoms with Crippen molar-refractivity contribution in [1.82, 2.24) is 0 Å². The van der Waals surface area contributed by atoms with Crippen LogP contribution in [0, 0.1) is 29.1 Å². The van der Waals surface area contributed by atoms with Gasteiger partial charge >= 0.3 is 0 Å². The van der Waals surface area contributed by atoms with Crippen LogP contribution in [0.15, 0.2) is 0 Å². The largest absolute Gasteiger partial charge is 0.300 e. The first-order chi connectivity index (χ1) is 10.6. The summed E-state index contributed by atoms with van der Waals surface area (Å²) in [5.74, 6) is 6.73. The van der Waals surface area contributed by atoms with Crippen molar-refractivity contribution < 1.29 is 4.79 Å². The van der Waals surface area contributed by atoms with E-state index in [4.69, 9.17) is 0 Å². The smallest absolute Gasteiger partial charge is 0.133 e. The van der Waals surface area contributed by atoms with E-state index in [0.717, 1.165) is 30.6 Å². The minimum Gasteiger partial charge on any atom is -0.300 e. The molecule has 0 spiro atoms. The van der Waals surface area contributed by atoms with Crippen molar-refractivity contribution in [1.29, 1.82) is 0 Å². The van der Waals surface area contributed by atoms with Crippen molar-refractivity contribution in [3.8, 4) is 0 Å². The summed E-state index contributed by atoms with van der Waals surface area (Å²) >= 11 is 2.16. The molecule has 0 radical (unpaired) electrons. The van der Waals surface area contributed by atoms with E-state index < -0.39 is 0 Å². The normalized spacial score (nSPS) is 44.5. The molecule has 0 aromatic carbocycles. The number of carbonyl (C=O) groups is 1. The summed E-state index contributed by atoms with van der Waals surface area (Å²) in [5.41, 5.74) is 0.307. The number of ketones is 1. The summed E-state index contributed by atoms with van der Waals surface area (Å²) in [6.07, 6.45) is 12.7. The Morgan fingerprint density at radius 2 is 1.95 bits per heavy atom. The van der Waals surface area contributed by atoms with Crippen LogP contribution >= 0.6 is 11.8 Å². The maximum Gasteiger partial charge on any atom is 0.133 e. The van der Waals surface area contributed by atoms with Crippen LogP contribution in [0.4, 0.5) is 0 Å². The lowest BCUT2D eigenvalue weighted by Crippen LogP contribution is -2.36. The molecule has 0 aromatic heterocycles. The molecule has 0 amide bonds. The third-order valence-corrected chi connectivity index (χ3v) is 8.14. The first-order valence-electron chi connectivity index (χ1n) is 9.66. The lowest BCUT2D eigenvalue weighted by Gasteiger charge is -2.44. The number of thioether (sulfide) groups is 1. The molecule has 3 rings (SSSR count). The molecule has 1 saturated heterocycles. The van der Waals surface area contributed by atoms with Gasteiger partial charge in [0.25, 0.3) is 0 Å². The molecule has 22 heavy (non-hydrogen) atoms. The second-order valence-corrected chi connectivity index (χ2v) is 9.97. The van der Waals surface area contributed by atoms with E-state index >= 15 is 0 Å². The fraction of sp³-hybridized carbons (Fsp3) is 0.950. The van der Waals surface area contributed by atoms with Crippen LogP contribution in [0.5, 0.6) is 0 Å². The highest BCUT2D eigenvalue weighted by Crippen LogP contribution is 2.50. The van der Waals surface area contributed by atoms with Gasteiger partial charge < -0.3 is 0 Å². The SMILES string of the molecule is CC1CCC[C@](C)(C2CCCC(C3CCSC3)C2)CC(=O)C1. The maximum absolute atomic E-state index is 12.4. The van der Waals surface area contributed by atoms with E-state index in [1.165, 1.54) is 62.9 Å². The molecule has 1 nitrogen and oxygen atoms in total. The monoisotopic (exact) mass is 322 g/mol. The zero-order chi connectivity index (χ0) is 15.6. The van der Waals surface area contributed by atoms with Gasteiger partial charge in [0.05, 0.1) is 0 Å². The summed E-state index contributed by atoms with van der Waals surface area (Å²) in [4.78, 5) is 12.4. The lowest BCUT2D eigenvalue weighted by molar-refractivity contribution is -0.124. The minimum absolute atomic E-state index is 0.307. The topological polar surface area (TPSA) is 17.1 Å².